The highest BCUT2D eigenvalue weighted by Crippen LogP contribution is 2.39. The lowest BCUT2D eigenvalue weighted by Gasteiger charge is -2.29. The molecule has 1 aromatic rings. The van der Waals surface area contributed by atoms with Gasteiger partial charge in [-0.15, -0.1) is 0 Å². The van der Waals surface area contributed by atoms with E-state index in [0.717, 1.165) is 49.8 Å². The Hall–Kier alpha value is -0.920. The molecule has 0 saturated heterocycles. The van der Waals surface area contributed by atoms with Crippen LogP contribution in [0, 0.1) is 11.8 Å². The van der Waals surface area contributed by atoms with Gasteiger partial charge >= 0.3 is 0 Å². The summed E-state index contributed by atoms with van der Waals surface area (Å²) in [5, 5.41) is 0. The number of nitrogens with zero attached hydrogens (tertiary/aromatic N) is 1. The average Bonchev–Trinajstić information content (AvgIpc) is 3.36. The number of anilines is 1. The van der Waals surface area contributed by atoms with Crippen molar-refractivity contribution in [3.05, 3.63) is 22.2 Å². The number of halogens is 1. The monoisotopic (exact) mass is 440 g/mol. The standard InChI is InChI=1S/C19H25BrN2O3S/c1-12-4-2-3-5-16(12)21-26(24,25)18-11-17-14(10-15(18)20)8-9-22(17)19(23)13-6-7-13/h10-13,16,21H,2-9H2,1H3. The predicted molar refractivity (Wildman–Crippen MR) is 105 cm³/mol. The van der Waals surface area contributed by atoms with Gasteiger partial charge in [-0.05, 0) is 71.6 Å². The molecule has 2 saturated carbocycles. The fraction of sp³-hybridized carbons (Fsp3) is 0.632. The van der Waals surface area contributed by atoms with Crippen LogP contribution in [0.25, 0.3) is 0 Å². The van der Waals surface area contributed by atoms with Crippen LogP contribution in [0.15, 0.2) is 21.5 Å². The van der Waals surface area contributed by atoms with Crippen LogP contribution in [0.3, 0.4) is 0 Å². The van der Waals surface area contributed by atoms with Crippen molar-refractivity contribution in [2.75, 3.05) is 11.4 Å². The van der Waals surface area contributed by atoms with Crippen LogP contribution in [-0.2, 0) is 21.2 Å². The number of nitrogens with one attached hydrogen (secondary N) is 1. The van der Waals surface area contributed by atoms with Crippen LogP contribution in [0.2, 0.25) is 0 Å². The number of amides is 1. The molecule has 5 nitrogen and oxygen atoms in total. The first kappa shape index (κ1) is 18.4. The Kier molecular flexibility index (Phi) is 4.90. The zero-order valence-corrected chi connectivity index (χ0v) is 17.4. The van der Waals surface area contributed by atoms with Crippen molar-refractivity contribution in [1.29, 1.82) is 0 Å². The summed E-state index contributed by atoms with van der Waals surface area (Å²) in [5.74, 6) is 0.619. The maximum Gasteiger partial charge on any atom is 0.242 e. The number of hydrogen-bond donors (Lipinski definition) is 1. The summed E-state index contributed by atoms with van der Waals surface area (Å²) >= 11 is 3.44. The molecule has 0 bridgehead atoms. The van der Waals surface area contributed by atoms with Gasteiger partial charge in [0, 0.05) is 28.7 Å². The second kappa shape index (κ2) is 6.91. The normalized spacial score (nSPS) is 26.0. The van der Waals surface area contributed by atoms with Gasteiger partial charge in [0.1, 0.15) is 0 Å². The Bertz CT molecular complexity index is 835. The van der Waals surface area contributed by atoms with Gasteiger partial charge in [0.15, 0.2) is 0 Å². The van der Waals surface area contributed by atoms with E-state index in [4.69, 9.17) is 0 Å². The van der Waals surface area contributed by atoms with Crippen LogP contribution < -0.4 is 9.62 Å². The summed E-state index contributed by atoms with van der Waals surface area (Å²) in [6, 6.07) is 3.54. The molecule has 2 atom stereocenters. The molecule has 7 heteroatoms. The van der Waals surface area contributed by atoms with Crippen LogP contribution in [0.1, 0.15) is 51.0 Å². The molecule has 142 valence electrons. The fourth-order valence-corrected chi connectivity index (χ4v) is 6.62. The van der Waals surface area contributed by atoms with Crippen molar-refractivity contribution >= 4 is 37.5 Å². The molecule has 1 N–H and O–H groups in total. The SMILES string of the molecule is CC1CCCCC1NS(=O)(=O)c1cc2c(cc1Br)CCN2C(=O)C1CC1. The number of fused-ring (bicyclic) bond motifs is 1. The zero-order chi connectivity index (χ0) is 18.5. The van der Waals surface area contributed by atoms with Gasteiger partial charge < -0.3 is 4.90 Å². The molecule has 1 amide bonds. The topological polar surface area (TPSA) is 66.5 Å². The second-order valence-electron chi connectivity index (χ2n) is 7.92. The Balaban J connectivity index is 1.63. The third-order valence-electron chi connectivity index (χ3n) is 5.93. The van der Waals surface area contributed by atoms with Gasteiger partial charge in [-0.2, -0.15) is 0 Å². The molecule has 2 aliphatic carbocycles. The number of carbonyl (C=O) groups is 1. The van der Waals surface area contributed by atoms with E-state index >= 15 is 0 Å². The van der Waals surface area contributed by atoms with Gasteiger partial charge in [0.2, 0.25) is 15.9 Å². The summed E-state index contributed by atoms with van der Waals surface area (Å²) in [4.78, 5) is 14.5. The van der Waals surface area contributed by atoms with Crippen LogP contribution >= 0.6 is 15.9 Å². The van der Waals surface area contributed by atoms with E-state index in [1.54, 1.807) is 11.0 Å². The van der Waals surface area contributed by atoms with Crippen molar-refractivity contribution in [3.8, 4) is 0 Å². The summed E-state index contributed by atoms with van der Waals surface area (Å²) in [7, 11) is -3.63. The summed E-state index contributed by atoms with van der Waals surface area (Å²) in [6.45, 7) is 2.76. The molecule has 26 heavy (non-hydrogen) atoms. The van der Waals surface area contributed by atoms with E-state index in [-0.39, 0.29) is 22.8 Å². The number of carbonyl (C=O) groups excluding carboxylic acids is 1. The molecular weight excluding hydrogens is 416 g/mol. The molecule has 0 spiro atoms. The fourth-order valence-electron chi connectivity index (χ4n) is 4.13. The molecule has 1 aromatic carbocycles. The highest BCUT2D eigenvalue weighted by Gasteiger charge is 2.37. The summed E-state index contributed by atoms with van der Waals surface area (Å²) in [5.41, 5.74) is 1.80. The minimum atomic E-state index is -3.63. The van der Waals surface area contributed by atoms with Crippen molar-refractivity contribution in [3.63, 3.8) is 0 Å². The van der Waals surface area contributed by atoms with Crippen LogP contribution in [0.4, 0.5) is 5.69 Å². The smallest absolute Gasteiger partial charge is 0.242 e. The van der Waals surface area contributed by atoms with E-state index in [0.29, 0.717) is 16.9 Å². The minimum absolute atomic E-state index is 0.0156. The van der Waals surface area contributed by atoms with E-state index in [1.165, 1.54) is 6.42 Å². The molecule has 2 fully saturated rings. The maximum atomic E-state index is 13.0. The Morgan fingerprint density at radius 1 is 1.19 bits per heavy atom. The number of hydrogen-bond acceptors (Lipinski definition) is 3. The van der Waals surface area contributed by atoms with Crippen molar-refractivity contribution in [2.24, 2.45) is 11.8 Å². The lowest BCUT2D eigenvalue weighted by Crippen LogP contribution is -2.41. The second-order valence-corrected chi connectivity index (χ2v) is 10.5. The molecule has 0 radical (unpaired) electrons. The largest absolute Gasteiger partial charge is 0.312 e. The van der Waals surface area contributed by atoms with Crippen LogP contribution in [0.5, 0.6) is 0 Å². The van der Waals surface area contributed by atoms with E-state index < -0.39 is 10.0 Å². The van der Waals surface area contributed by atoms with Gasteiger partial charge in [0.25, 0.3) is 0 Å². The lowest BCUT2D eigenvalue weighted by molar-refractivity contribution is -0.119. The molecule has 4 rings (SSSR count). The molecule has 1 aliphatic heterocycles. The number of rotatable bonds is 4. The molecular formula is C19H25BrN2O3S. The highest BCUT2D eigenvalue weighted by molar-refractivity contribution is 9.10. The maximum absolute atomic E-state index is 13.0. The molecule has 1 heterocycles. The van der Waals surface area contributed by atoms with Gasteiger partial charge in [0.05, 0.1) is 4.90 Å². The molecule has 0 aromatic heterocycles. The number of sulfonamides is 1. The van der Waals surface area contributed by atoms with Crippen molar-refractivity contribution < 1.29 is 13.2 Å². The quantitative estimate of drug-likeness (QED) is 0.777. The van der Waals surface area contributed by atoms with Crippen molar-refractivity contribution in [1.82, 2.24) is 4.72 Å². The highest BCUT2D eigenvalue weighted by atomic mass is 79.9. The predicted octanol–water partition coefficient (Wildman–Crippen LogP) is 3.61. The third-order valence-corrected chi connectivity index (χ3v) is 8.38. The van der Waals surface area contributed by atoms with E-state index in [1.807, 2.05) is 6.07 Å². The third kappa shape index (κ3) is 3.45. The minimum Gasteiger partial charge on any atom is -0.312 e. The lowest BCUT2D eigenvalue weighted by atomic mass is 9.87. The first-order valence-electron chi connectivity index (χ1n) is 9.53. The number of benzene rings is 1. The average molecular weight is 441 g/mol. The molecule has 3 aliphatic rings. The summed E-state index contributed by atoms with van der Waals surface area (Å²) < 4.78 is 29.6. The zero-order valence-electron chi connectivity index (χ0n) is 15.0. The first-order valence-corrected chi connectivity index (χ1v) is 11.8. The van der Waals surface area contributed by atoms with Gasteiger partial charge in [-0.25, -0.2) is 13.1 Å². The summed E-state index contributed by atoms with van der Waals surface area (Å²) in [6.07, 6.45) is 6.85. The Morgan fingerprint density at radius 3 is 2.62 bits per heavy atom. The van der Waals surface area contributed by atoms with E-state index in [2.05, 4.69) is 27.6 Å². The molecule has 2 unspecified atom stereocenters. The Morgan fingerprint density at radius 2 is 1.92 bits per heavy atom. The Labute approximate surface area is 163 Å². The first-order chi connectivity index (χ1) is 12.4. The van der Waals surface area contributed by atoms with Gasteiger partial charge in [-0.3, -0.25) is 4.79 Å². The van der Waals surface area contributed by atoms with Gasteiger partial charge in [-0.1, -0.05) is 19.8 Å². The van der Waals surface area contributed by atoms with Crippen LogP contribution in [-0.4, -0.2) is 26.9 Å². The van der Waals surface area contributed by atoms with E-state index in [9.17, 15) is 13.2 Å². The van der Waals surface area contributed by atoms with Crippen molar-refractivity contribution in [2.45, 2.75) is 62.8 Å².